The van der Waals surface area contributed by atoms with Gasteiger partial charge in [0.15, 0.2) is 0 Å². The van der Waals surface area contributed by atoms with Crippen molar-refractivity contribution in [2.45, 2.75) is 18.9 Å². The predicted molar refractivity (Wildman–Crippen MR) is 71.4 cm³/mol. The molecule has 3 rings (SSSR count). The molecule has 92 valence electrons. The van der Waals surface area contributed by atoms with E-state index < -0.39 is 0 Å². The summed E-state index contributed by atoms with van der Waals surface area (Å²) < 4.78 is 0. The Hall–Kier alpha value is -0.570. The van der Waals surface area contributed by atoms with Crippen molar-refractivity contribution in [1.29, 1.82) is 0 Å². The predicted octanol–water partition coefficient (Wildman–Crippen LogP) is 2.70. The van der Waals surface area contributed by atoms with E-state index >= 15 is 0 Å². The zero-order chi connectivity index (χ0) is 11.7. The average molecular weight is 251 g/mol. The van der Waals surface area contributed by atoms with Gasteiger partial charge in [-0.3, -0.25) is 4.90 Å². The first kappa shape index (κ1) is 11.5. The van der Waals surface area contributed by atoms with Gasteiger partial charge in [-0.05, 0) is 36.5 Å². The largest absolute Gasteiger partial charge is 0.314 e. The van der Waals surface area contributed by atoms with Crippen molar-refractivity contribution in [1.82, 2.24) is 10.2 Å². The van der Waals surface area contributed by atoms with E-state index in [9.17, 15) is 0 Å². The van der Waals surface area contributed by atoms with Crippen molar-refractivity contribution in [3.8, 4) is 0 Å². The summed E-state index contributed by atoms with van der Waals surface area (Å²) in [5, 5.41) is 4.34. The molecule has 1 atom stereocenters. The molecule has 2 fully saturated rings. The maximum atomic E-state index is 6.09. The van der Waals surface area contributed by atoms with Gasteiger partial charge in [0, 0.05) is 37.2 Å². The Morgan fingerprint density at radius 2 is 2.24 bits per heavy atom. The first-order chi connectivity index (χ1) is 8.33. The Morgan fingerprint density at radius 1 is 1.35 bits per heavy atom. The molecule has 17 heavy (non-hydrogen) atoms. The molecule has 0 spiro atoms. The van der Waals surface area contributed by atoms with Crippen molar-refractivity contribution in [3.05, 3.63) is 34.9 Å². The minimum atomic E-state index is 0.503. The van der Waals surface area contributed by atoms with E-state index in [0.29, 0.717) is 6.04 Å². The molecule has 1 heterocycles. The second kappa shape index (κ2) is 4.97. The van der Waals surface area contributed by atoms with Gasteiger partial charge in [-0.25, -0.2) is 0 Å². The highest BCUT2D eigenvalue weighted by Crippen LogP contribution is 2.33. The van der Waals surface area contributed by atoms with Gasteiger partial charge in [-0.15, -0.1) is 0 Å². The lowest BCUT2D eigenvalue weighted by Gasteiger charge is -2.36. The molecule has 1 aliphatic carbocycles. The second-order valence-electron chi connectivity index (χ2n) is 5.21. The van der Waals surface area contributed by atoms with Crippen LogP contribution >= 0.6 is 11.6 Å². The summed E-state index contributed by atoms with van der Waals surface area (Å²) in [6.07, 6.45) is 2.85. The molecule has 1 saturated carbocycles. The van der Waals surface area contributed by atoms with E-state index in [-0.39, 0.29) is 0 Å². The molecule has 0 aromatic heterocycles. The van der Waals surface area contributed by atoms with Gasteiger partial charge in [0.05, 0.1) is 0 Å². The smallest absolute Gasteiger partial charge is 0.0473 e. The van der Waals surface area contributed by atoms with Gasteiger partial charge < -0.3 is 5.32 Å². The van der Waals surface area contributed by atoms with Crippen LogP contribution in [0.5, 0.6) is 0 Å². The molecule has 1 aromatic carbocycles. The lowest BCUT2D eigenvalue weighted by atomic mass is 10.0. The number of hydrogen-bond acceptors (Lipinski definition) is 2. The Labute approximate surface area is 108 Å². The van der Waals surface area contributed by atoms with Crippen molar-refractivity contribution >= 4 is 11.6 Å². The average Bonchev–Trinajstić information content (AvgIpc) is 3.14. The maximum Gasteiger partial charge on any atom is 0.0473 e. The summed E-state index contributed by atoms with van der Waals surface area (Å²) in [5.74, 6) is 0.954. The second-order valence-corrected chi connectivity index (χ2v) is 5.65. The van der Waals surface area contributed by atoms with Gasteiger partial charge in [-0.2, -0.15) is 0 Å². The fourth-order valence-corrected chi connectivity index (χ4v) is 2.84. The molecule has 1 saturated heterocycles. The van der Waals surface area contributed by atoms with E-state index in [1.807, 2.05) is 6.07 Å². The van der Waals surface area contributed by atoms with Crippen LogP contribution in [0.2, 0.25) is 5.02 Å². The number of halogens is 1. The van der Waals surface area contributed by atoms with E-state index in [2.05, 4.69) is 28.4 Å². The van der Waals surface area contributed by atoms with Gasteiger partial charge in [0.1, 0.15) is 0 Å². The van der Waals surface area contributed by atoms with Gasteiger partial charge in [0.25, 0.3) is 0 Å². The number of rotatable bonds is 3. The van der Waals surface area contributed by atoms with Crippen LogP contribution in [0.4, 0.5) is 0 Å². The van der Waals surface area contributed by atoms with Gasteiger partial charge in [0.2, 0.25) is 0 Å². The normalized spacial score (nSPS) is 26.1. The number of piperazine rings is 1. The van der Waals surface area contributed by atoms with Crippen LogP contribution in [0.25, 0.3) is 0 Å². The Morgan fingerprint density at radius 3 is 3.00 bits per heavy atom. The van der Waals surface area contributed by atoms with Crippen molar-refractivity contribution in [2.75, 3.05) is 26.2 Å². The minimum Gasteiger partial charge on any atom is -0.314 e. The van der Waals surface area contributed by atoms with Gasteiger partial charge >= 0.3 is 0 Å². The molecule has 1 aromatic rings. The first-order valence-corrected chi connectivity index (χ1v) is 6.91. The monoisotopic (exact) mass is 250 g/mol. The Kier molecular flexibility index (Phi) is 3.37. The number of nitrogens with zero attached hydrogens (tertiary/aromatic N) is 1. The molecule has 0 amide bonds. The quantitative estimate of drug-likeness (QED) is 0.888. The van der Waals surface area contributed by atoms with Crippen molar-refractivity contribution in [3.63, 3.8) is 0 Å². The van der Waals surface area contributed by atoms with Crippen LogP contribution in [-0.4, -0.2) is 31.1 Å². The van der Waals surface area contributed by atoms with E-state index in [1.54, 1.807) is 0 Å². The van der Waals surface area contributed by atoms with Crippen LogP contribution in [0.1, 0.15) is 24.4 Å². The molecule has 0 bridgehead atoms. The molecule has 0 radical (unpaired) electrons. The number of hydrogen-bond donors (Lipinski definition) is 1. The molecule has 1 N–H and O–H groups in total. The third-order valence-corrected chi connectivity index (χ3v) is 4.01. The van der Waals surface area contributed by atoms with Crippen molar-refractivity contribution in [2.24, 2.45) is 5.92 Å². The molecule has 2 nitrogen and oxygen atoms in total. The fourth-order valence-electron chi connectivity index (χ4n) is 2.64. The van der Waals surface area contributed by atoms with Gasteiger partial charge in [-0.1, -0.05) is 23.7 Å². The summed E-state index contributed by atoms with van der Waals surface area (Å²) in [6.45, 7) is 4.59. The molecule has 1 aliphatic heterocycles. The molecule has 1 unspecified atom stereocenters. The summed E-state index contributed by atoms with van der Waals surface area (Å²) in [5.41, 5.74) is 1.35. The van der Waals surface area contributed by atoms with Crippen LogP contribution in [0.3, 0.4) is 0 Å². The van der Waals surface area contributed by atoms with E-state index in [1.165, 1.54) is 24.9 Å². The van der Waals surface area contributed by atoms with Crippen LogP contribution in [0.15, 0.2) is 24.3 Å². The molecule has 3 heteroatoms. The SMILES string of the molecule is Clc1cccc(C2CNCCN2CC2CC2)c1. The summed E-state index contributed by atoms with van der Waals surface area (Å²) in [6, 6.07) is 8.82. The van der Waals surface area contributed by atoms with Crippen LogP contribution in [0, 0.1) is 5.92 Å². The standard InChI is InChI=1S/C14H19ClN2/c15-13-3-1-2-12(8-13)14-9-16-6-7-17(14)10-11-4-5-11/h1-3,8,11,14,16H,4-7,9-10H2. The lowest BCUT2D eigenvalue weighted by molar-refractivity contribution is 0.155. The summed E-state index contributed by atoms with van der Waals surface area (Å²) in [4.78, 5) is 2.62. The highest BCUT2D eigenvalue weighted by atomic mass is 35.5. The molecular weight excluding hydrogens is 232 g/mol. The summed E-state index contributed by atoms with van der Waals surface area (Å²) >= 11 is 6.09. The highest BCUT2D eigenvalue weighted by molar-refractivity contribution is 6.30. The minimum absolute atomic E-state index is 0.503. The third-order valence-electron chi connectivity index (χ3n) is 3.78. The van der Waals surface area contributed by atoms with E-state index in [4.69, 9.17) is 11.6 Å². The topological polar surface area (TPSA) is 15.3 Å². The fraction of sp³-hybridized carbons (Fsp3) is 0.571. The molecular formula is C14H19ClN2. The maximum absolute atomic E-state index is 6.09. The van der Waals surface area contributed by atoms with E-state index in [0.717, 1.165) is 30.6 Å². The first-order valence-electron chi connectivity index (χ1n) is 6.53. The van der Waals surface area contributed by atoms with Crippen molar-refractivity contribution < 1.29 is 0 Å². The highest BCUT2D eigenvalue weighted by Gasteiger charge is 2.30. The lowest BCUT2D eigenvalue weighted by Crippen LogP contribution is -2.46. The zero-order valence-electron chi connectivity index (χ0n) is 10.0. The third kappa shape index (κ3) is 2.82. The Bertz CT molecular complexity index is 390. The number of nitrogens with one attached hydrogen (secondary N) is 1. The molecule has 2 aliphatic rings. The van der Waals surface area contributed by atoms with Crippen LogP contribution < -0.4 is 5.32 Å². The number of benzene rings is 1. The van der Waals surface area contributed by atoms with Crippen LogP contribution in [-0.2, 0) is 0 Å². The Balaban J connectivity index is 1.77. The zero-order valence-corrected chi connectivity index (χ0v) is 10.8. The summed E-state index contributed by atoms with van der Waals surface area (Å²) in [7, 11) is 0.